The van der Waals surface area contributed by atoms with E-state index in [4.69, 9.17) is 9.84 Å². The van der Waals surface area contributed by atoms with Gasteiger partial charge in [-0.1, -0.05) is 18.7 Å². The summed E-state index contributed by atoms with van der Waals surface area (Å²) in [6.45, 7) is 6.59. The number of hydrogen-bond donors (Lipinski definition) is 2. The van der Waals surface area contributed by atoms with Gasteiger partial charge in [0.2, 0.25) is 0 Å². The van der Waals surface area contributed by atoms with Crippen molar-refractivity contribution in [1.29, 1.82) is 0 Å². The highest BCUT2D eigenvalue weighted by atomic mass is 16.5. The molecular formula is C13H16O4. The Labute approximate surface area is 100 Å². The molecule has 0 heterocycles. The highest BCUT2D eigenvalue weighted by Gasteiger charge is 2.00. The molecule has 0 saturated carbocycles. The minimum Gasteiger partial charge on any atom is -0.504 e. The summed E-state index contributed by atoms with van der Waals surface area (Å²) in [6.07, 6.45) is 3.43. The van der Waals surface area contributed by atoms with Crippen molar-refractivity contribution in [3.8, 4) is 11.5 Å². The number of ether oxygens (including phenoxy) is 1. The van der Waals surface area contributed by atoms with Crippen LogP contribution in [0.3, 0.4) is 0 Å². The van der Waals surface area contributed by atoms with Crippen molar-refractivity contribution in [2.45, 2.75) is 6.42 Å². The molecule has 0 aliphatic heterocycles. The fourth-order valence-electron chi connectivity index (χ4n) is 1.02. The average molecular weight is 236 g/mol. The summed E-state index contributed by atoms with van der Waals surface area (Å²) in [6, 6.07) is 5.27. The number of methoxy groups -OCH3 is 1. The maximum atomic E-state index is 9.25. The monoisotopic (exact) mass is 236 g/mol. The molecule has 2 N–H and O–H groups in total. The first kappa shape index (κ1) is 14.8. The van der Waals surface area contributed by atoms with Crippen molar-refractivity contribution < 1.29 is 19.7 Å². The topological polar surface area (TPSA) is 66.8 Å². The molecule has 0 bridgehead atoms. The normalized spacial score (nSPS) is 8.53. The summed E-state index contributed by atoms with van der Waals surface area (Å²) < 4.78 is 4.95. The molecule has 4 heteroatoms. The number of carbonyl (C=O) groups is 1. The summed E-state index contributed by atoms with van der Waals surface area (Å²) in [5.74, 6) is -0.301. The summed E-state index contributed by atoms with van der Waals surface area (Å²) in [7, 11) is 1.53. The fraction of sp³-hybridized carbons (Fsp3) is 0.154. The number of aliphatic carboxylic acids is 1. The third-order valence-electron chi connectivity index (χ3n) is 1.80. The van der Waals surface area contributed by atoms with Crippen LogP contribution in [0.15, 0.2) is 43.5 Å². The maximum Gasteiger partial charge on any atom is 0.327 e. The van der Waals surface area contributed by atoms with Gasteiger partial charge in [0.25, 0.3) is 0 Å². The molecule has 0 radical (unpaired) electrons. The number of hydrogen-bond acceptors (Lipinski definition) is 3. The van der Waals surface area contributed by atoms with Crippen molar-refractivity contribution in [3.63, 3.8) is 0 Å². The van der Waals surface area contributed by atoms with E-state index in [9.17, 15) is 9.90 Å². The first-order valence-electron chi connectivity index (χ1n) is 4.87. The first-order chi connectivity index (χ1) is 8.04. The second-order valence-electron chi connectivity index (χ2n) is 3.04. The number of carboxylic acid groups (broad SMARTS) is 1. The van der Waals surface area contributed by atoms with Crippen molar-refractivity contribution in [2.24, 2.45) is 0 Å². The van der Waals surface area contributed by atoms with E-state index in [1.165, 1.54) is 7.11 Å². The summed E-state index contributed by atoms with van der Waals surface area (Å²) in [4.78, 5) is 9.25. The zero-order chi connectivity index (χ0) is 13.3. The van der Waals surface area contributed by atoms with Gasteiger partial charge in [0, 0.05) is 6.08 Å². The van der Waals surface area contributed by atoms with Crippen molar-refractivity contribution in [3.05, 3.63) is 49.1 Å². The van der Waals surface area contributed by atoms with Crippen LogP contribution in [0.1, 0.15) is 5.56 Å². The van der Waals surface area contributed by atoms with Gasteiger partial charge in [0.15, 0.2) is 11.5 Å². The lowest BCUT2D eigenvalue weighted by molar-refractivity contribution is -0.131. The van der Waals surface area contributed by atoms with Gasteiger partial charge in [-0.3, -0.25) is 0 Å². The Bertz CT molecular complexity index is 396. The van der Waals surface area contributed by atoms with Crippen LogP contribution in [-0.2, 0) is 11.2 Å². The third-order valence-corrected chi connectivity index (χ3v) is 1.80. The van der Waals surface area contributed by atoms with Gasteiger partial charge < -0.3 is 14.9 Å². The molecule has 0 spiro atoms. The fourth-order valence-corrected chi connectivity index (χ4v) is 1.02. The van der Waals surface area contributed by atoms with Crippen LogP contribution < -0.4 is 4.74 Å². The number of allylic oxidation sites excluding steroid dienone is 1. The van der Waals surface area contributed by atoms with Crippen LogP contribution in [0, 0.1) is 0 Å². The summed E-state index contributed by atoms with van der Waals surface area (Å²) in [5.41, 5.74) is 1.08. The highest BCUT2D eigenvalue weighted by molar-refractivity contribution is 5.78. The van der Waals surface area contributed by atoms with Crippen molar-refractivity contribution in [1.82, 2.24) is 0 Å². The molecule has 0 unspecified atom stereocenters. The smallest absolute Gasteiger partial charge is 0.327 e. The number of phenols is 1. The lowest BCUT2D eigenvalue weighted by atomic mass is 10.1. The van der Waals surface area contributed by atoms with Gasteiger partial charge in [0.05, 0.1) is 7.11 Å². The molecule has 4 nitrogen and oxygen atoms in total. The number of benzene rings is 1. The Morgan fingerprint density at radius 1 is 1.47 bits per heavy atom. The van der Waals surface area contributed by atoms with Gasteiger partial charge in [-0.15, -0.1) is 6.58 Å². The van der Waals surface area contributed by atoms with Gasteiger partial charge in [-0.2, -0.15) is 0 Å². The van der Waals surface area contributed by atoms with E-state index in [2.05, 4.69) is 13.2 Å². The maximum absolute atomic E-state index is 9.25. The molecule has 0 amide bonds. The molecule has 1 rings (SSSR count). The molecule has 92 valence electrons. The molecule has 1 aromatic carbocycles. The number of aromatic hydroxyl groups is 1. The zero-order valence-electron chi connectivity index (χ0n) is 9.72. The standard InChI is InChI=1S/C10H12O2.C3H4O2/c1-3-4-8-5-6-9(11)10(7-8)12-2;1-2-3(4)5/h3,5-7,11H,1,4H2,2H3;2H,1H2,(H,4,5). The lowest BCUT2D eigenvalue weighted by Gasteiger charge is -2.04. The first-order valence-corrected chi connectivity index (χ1v) is 4.87. The van der Waals surface area contributed by atoms with Gasteiger partial charge in [0.1, 0.15) is 0 Å². The molecule has 0 aliphatic carbocycles. The van der Waals surface area contributed by atoms with E-state index in [1.807, 2.05) is 12.1 Å². The largest absolute Gasteiger partial charge is 0.504 e. The summed E-state index contributed by atoms with van der Waals surface area (Å²) >= 11 is 0. The zero-order valence-corrected chi connectivity index (χ0v) is 9.72. The molecular weight excluding hydrogens is 220 g/mol. The van der Waals surface area contributed by atoms with Gasteiger partial charge in [-0.25, -0.2) is 4.79 Å². The average Bonchev–Trinajstić information content (AvgIpc) is 2.32. The predicted molar refractivity (Wildman–Crippen MR) is 66.4 cm³/mol. The van der Waals surface area contributed by atoms with Crippen LogP contribution in [0.4, 0.5) is 0 Å². The van der Waals surface area contributed by atoms with E-state index in [-0.39, 0.29) is 5.75 Å². The SMILES string of the molecule is C=CC(=O)O.C=CCc1ccc(O)c(OC)c1. The minimum atomic E-state index is -0.981. The van der Waals surface area contributed by atoms with Gasteiger partial charge in [-0.05, 0) is 24.1 Å². The molecule has 0 atom stereocenters. The van der Waals surface area contributed by atoms with Crippen molar-refractivity contribution in [2.75, 3.05) is 7.11 Å². The molecule has 0 fully saturated rings. The van der Waals surface area contributed by atoms with E-state index in [1.54, 1.807) is 12.1 Å². The van der Waals surface area contributed by atoms with Crippen LogP contribution in [0.5, 0.6) is 11.5 Å². The highest BCUT2D eigenvalue weighted by Crippen LogP contribution is 2.26. The van der Waals surface area contributed by atoms with E-state index >= 15 is 0 Å². The Balaban J connectivity index is 0.000000437. The van der Waals surface area contributed by atoms with E-state index in [0.29, 0.717) is 5.75 Å². The van der Waals surface area contributed by atoms with E-state index < -0.39 is 5.97 Å². The molecule has 0 aromatic heterocycles. The molecule has 0 saturated heterocycles. The third kappa shape index (κ3) is 6.04. The Morgan fingerprint density at radius 2 is 2.06 bits per heavy atom. The lowest BCUT2D eigenvalue weighted by Crippen LogP contribution is -1.86. The molecule has 0 aliphatic rings. The Morgan fingerprint density at radius 3 is 2.47 bits per heavy atom. The quantitative estimate of drug-likeness (QED) is 0.622. The second-order valence-corrected chi connectivity index (χ2v) is 3.04. The Kier molecular flexibility index (Phi) is 6.94. The Hall–Kier alpha value is -2.23. The van der Waals surface area contributed by atoms with Crippen LogP contribution in [0.2, 0.25) is 0 Å². The van der Waals surface area contributed by atoms with Crippen molar-refractivity contribution >= 4 is 5.97 Å². The molecule has 17 heavy (non-hydrogen) atoms. The predicted octanol–water partition coefficient (Wildman–Crippen LogP) is 2.39. The second kappa shape index (κ2) is 7.98. The van der Waals surface area contributed by atoms with Gasteiger partial charge >= 0.3 is 5.97 Å². The summed E-state index contributed by atoms with van der Waals surface area (Å²) in [5, 5.41) is 16.9. The van der Waals surface area contributed by atoms with Crippen LogP contribution in [0.25, 0.3) is 0 Å². The minimum absolute atomic E-state index is 0.172. The molecule has 1 aromatic rings. The number of carboxylic acids is 1. The number of phenolic OH excluding ortho intramolecular Hbond substituents is 1. The van der Waals surface area contributed by atoms with Crippen LogP contribution in [-0.4, -0.2) is 23.3 Å². The number of rotatable bonds is 4. The van der Waals surface area contributed by atoms with E-state index in [0.717, 1.165) is 18.1 Å². The van der Waals surface area contributed by atoms with Crippen LogP contribution >= 0.6 is 0 Å².